The van der Waals surface area contributed by atoms with Crippen LogP contribution >= 0.6 is 11.3 Å². The maximum Gasteiger partial charge on any atom is 0.223 e. The van der Waals surface area contributed by atoms with Gasteiger partial charge in [-0.25, -0.2) is 4.98 Å². The lowest BCUT2D eigenvalue weighted by molar-refractivity contribution is -0.138. The fraction of sp³-hybridized carbons (Fsp3) is 0.765. The Kier molecular flexibility index (Phi) is 4.60. The fourth-order valence-corrected chi connectivity index (χ4v) is 4.85. The summed E-state index contributed by atoms with van der Waals surface area (Å²) in [6.45, 7) is 9.13. The number of hydrogen-bond donors (Lipinski definition) is 0. The van der Waals surface area contributed by atoms with Gasteiger partial charge in [0.2, 0.25) is 5.91 Å². The second kappa shape index (κ2) is 6.71. The molecule has 3 aliphatic heterocycles. The molecule has 1 amide bonds. The lowest BCUT2D eigenvalue weighted by Crippen LogP contribution is -2.44. The van der Waals surface area contributed by atoms with E-state index >= 15 is 0 Å². The molecular formula is C17H25N3O3S. The lowest BCUT2D eigenvalue weighted by atomic mass is 9.77. The Labute approximate surface area is 146 Å². The minimum absolute atomic E-state index is 0.0134. The van der Waals surface area contributed by atoms with Crippen LogP contribution in [0.25, 0.3) is 0 Å². The van der Waals surface area contributed by atoms with Crippen molar-refractivity contribution in [2.45, 2.75) is 19.9 Å². The number of hydrogen-bond acceptors (Lipinski definition) is 6. The van der Waals surface area contributed by atoms with Crippen molar-refractivity contribution in [2.24, 2.45) is 11.3 Å². The quantitative estimate of drug-likeness (QED) is 0.814. The standard InChI is InChI=1S/C17H25N3O3S/c1-13-18-15(10-24-13)8-19-7-14-9-23-12-17(14,11-19)6-16(21)20-2-4-22-5-3-20/h10,14H,2-9,11-12H2,1H3/t14-,17+/m1/s1. The molecule has 2 atom stereocenters. The molecule has 1 aromatic heterocycles. The highest BCUT2D eigenvalue weighted by molar-refractivity contribution is 7.09. The van der Waals surface area contributed by atoms with Crippen molar-refractivity contribution in [2.75, 3.05) is 52.6 Å². The van der Waals surface area contributed by atoms with Gasteiger partial charge in [0.25, 0.3) is 0 Å². The molecule has 0 aromatic carbocycles. The Morgan fingerprint density at radius 1 is 1.42 bits per heavy atom. The van der Waals surface area contributed by atoms with Crippen molar-refractivity contribution in [3.8, 4) is 0 Å². The second-order valence-electron chi connectivity index (χ2n) is 7.27. The number of morpholine rings is 1. The minimum Gasteiger partial charge on any atom is -0.380 e. The molecule has 4 rings (SSSR count). The van der Waals surface area contributed by atoms with Crippen molar-refractivity contribution in [1.29, 1.82) is 0 Å². The van der Waals surface area contributed by atoms with Crippen LogP contribution in [0.3, 0.4) is 0 Å². The van der Waals surface area contributed by atoms with E-state index in [4.69, 9.17) is 9.47 Å². The normalized spacial score (nSPS) is 30.7. The highest BCUT2D eigenvalue weighted by Crippen LogP contribution is 2.44. The highest BCUT2D eigenvalue weighted by Gasteiger charge is 2.52. The molecule has 0 aliphatic carbocycles. The maximum atomic E-state index is 12.7. The van der Waals surface area contributed by atoms with E-state index < -0.39 is 0 Å². The number of nitrogens with zero attached hydrogens (tertiary/aromatic N) is 3. The number of aryl methyl sites for hydroxylation is 1. The first-order valence-corrected chi connectivity index (χ1v) is 9.59. The summed E-state index contributed by atoms with van der Waals surface area (Å²) < 4.78 is 11.1. The Morgan fingerprint density at radius 3 is 3.00 bits per heavy atom. The predicted molar refractivity (Wildman–Crippen MR) is 90.9 cm³/mol. The fourth-order valence-electron chi connectivity index (χ4n) is 4.25. The van der Waals surface area contributed by atoms with Crippen molar-refractivity contribution in [3.05, 3.63) is 16.1 Å². The summed E-state index contributed by atoms with van der Waals surface area (Å²) in [7, 11) is 0. The van der Waals surface area contributed by atoms with Crippen LogP contribution < -0.4 is 0 Å². The van der Waals surface area contributed by atoms with Gasteiger partial charge in [-0.1, -0.05) is 0 Å². The van der Waals surface area contributed by atoms with E-state index in [-0.39, 0.29) is 11.3 Å². The SMILES string of the molecule is Cc1nc(CN2C[C@@H]3COC[C@]3(CC(=O)N3CCOCC3)C2)cs1. The van der Waals surface area contributed by atoms with Gasteiger partial charge in [0.1, 0.15) is 0 Å². The summed E-state index contributed by atoms with van der Waals surface area (Å²) in [4.78, 5) is 21.7. The summed E-state index contributed by atoms with van der Waals surface area (Å²) in [5, 5.41) is 3.26. The molecule has 3 aliphatic rings. The van der Waals surface area contributed by atoms with E-state index in [9.17, 15) is 4.79 Å². The third kappa shape index (κ3) is 3.22. The number of carbonyl (C=O) groups is 1. The summed E-state index contributed by atoms with van der Waals surface area (Å²) in [6.07, 6.45) is 0.601. The zero-order chi connectivity index (χ0) is 16.6. The largest absolute Gasteiger partial charge is 0.380 e. The molecule has 1 aromatic rings. The van der Waals surface area contributed by atoms with Crippen LogP contribution in [0.1, 0.15) is 17.1 Å². The number of carbonyl (C=O) groups excluding carboxylic acids is 1. The van der Waals surface area contributed by atoms with Crippen molar-refractivity contribution in [3.63, 3.8) is 0 Å². The lowest BCUT2D eigenvalue weighted by Gasteiger charge is -2.32. The van der Waals surface area contributed by atoms with Crippen molar-refractivity contribution >= 4 is 17.2 Å². The first-order chi connectivity index (χ1) is 11.6. The first kappa shape index (κ1) is 16.4. The van der Waals surface area contributed by atoms with Gasteiger partial charge in [-0.15, -0.1) is 11.3 Å². The van der Waals surface area contributed by atoms with Gasteiger partial charge < -0.3 is 14.4 Å². The molecule has 0 radical (unpaired) electrons. The van der Waals surface area contributed by atoms with Gasteiger partial charge in [0.05, 0.1) is 37.1 Å². The molecule has 24 heavy (non-hydrogen) atoms. The van der Waals surface area contributed by atoms with Crippen LogP contribution in [0.15, 0.2) is 5.38 Å². The van der Waals surface area contributed by atoms with E-state index in [1.807, 2.05) is 11.8 Å². The highest BCUT2D eigenvalue weighted by atomic mass is 32.1. The summed E-state index contributed by atoms with van der Waals surface area (Å²) in [5.41, 5.74) is 1.13. The van der Waals surface area contributed by atoms with Crippen molar-refractivity contribution < 1.29 is 14.3 Å². The molecule has 4 heterocycles. The second-order valence-corrected chi connectivity index (χ2v) is 8.33. The number of thiazole rings is 1. The first-order valence-electron chi connectivity index (χ1n) is 8.71. The van der Waals surface area contributed by atoms with Crippen LogP contribution in [-0.2, 0) is 20.8 Å². The smallest absolute Gasteiger partial charge is 0.223 e. The van der Waals surface area contributed by atoms with Crippen LogP contribution in [0.4, 0.5) is 0 Å². The molecule has 3 saturated heterocycles. The Balaban J connectivity index is 1.41. The van der Waals surface area contributed by atoms with Gasteiger partial charge in [-0.05, 0) is 6.92 Å². The molecule has 3 fully saturated rings. The summed E-state index contributed by atoms with van der Waals surface area (Å²) >= 11 is 1.70. The number of aromatic nitrogens is 1. The minimum atomic E-state index is -0.0134. The summed E-state index contributed by atoms with van der Waals surface area (Å²) in [6, 6.07) is 0. The Hall–Kier alpha value is -1.02. The molecule has 0 spiro atoms. The molecule has 0 bridgehead atoms. The topological polar surface area (TPSA) is 54.9 Å². The van der Waals surface area contributed by atoms with Crippen LogP contribution in [-0.4, -0.2) is 73.3 Å². The Bertz CT molecular complexity index is 602. The number of fused-ring (bicyclic) bond motifs is 1. The summed E-state index contributed by atoms with van der Waals surface area (Å²) in [5.74, 6) is 0.724. The van der Waals surface area contributed by atoms with E-state index in [2.05, 4.69) is 15.3 Å². The molecule has 0 unspecified atom stereocenters. The van der Waals surface area contributed by atoms with Crippen molar-refractivity contribution in [1.82, 2.24) is 14.8 Å². The van der Waals surface area contributed by atoms with E-state index in [0.29, 0.717) is 32.2 Å². The van der Waals surface area contributed by atoms with Gasteiger partial charge in [-0.2, -0.15) is 0 Å². The third-order valence-electron chi connectivity index (χ3n) is 5.51. The molecule has 0 N–H and O–H groups in total. The maximum absolute atomic E-state index is 12.7. The third-order valence-corrected chi connectivity index (χ3v) is 6.33. The van der Waals surface area contributed by atoms with E-state index in [0.717, 1.165) is 50.0 Å². The molecule has 0 saturated carbocycles. The monoisotopic (exact) mass is 351 g/mol. The van der Waals surface area contributed by atoms with Crippen LogP contribution in [0.2, 0.25) is 0 Å². The Morgan fingerprint density at radius 2 is 2.25 bits per heavy atom. The van der Waals surface area contributed by atoms with Crippen LogP contribution in [0, 0.1) is 18.3 Å². The van der Waals surface area contributed by atoms with Gasteiger partial charge in [0, 0.05) is 55.9 Å². The van der Waals surface area contributed by atoms with Gasteiger partial charge in [0.15, 0.2) is 0 Å². The number of likely N-dealkylation sites (tertiary alicyclic amines) is 1. The molecule has 7 heteroatoms. The number of amides is 1. The average molecular weight is 351 g/mol. The molecular weight excluding hydrogens is 326 g/mol. The van der Waals surface area contributed by atoms with Gasteiger partial charge >= 0.3 is 0 Å². The van der Waals surface area contributed by atoms with Crippen LogP contribution in [0.5, 0.6) is 0 Å². The average Bonchev–Trinajstić information content (AvgIpc) is 3.22. The predicted octanol–water partition coefficient (Wildman–Crippen LogP) is 1.15. The number of ether oxygens (including phenoxy) is 2. The molecule has 132 valence electrons. The van der Waals surface area contributed by atoms with E-state index in [1.54, 1.807) is 11.3 Å². The molecule has 6 nitrogen and oxygen atoms in total. The number of rotatable bonds is 4. The zero-order valence-corrected chi connectivity index (χ0v) is 15.0. The van der Waals surface area contributed by atoms with Gasteiger partial charge in [-0.3, -0.25) is 9.69 Å². The van der Waals surface area contributed by atoms with E-state index in [1.165, 1.54) is 0 Å². The zero-order valence-electron chi connectivity index (χ0n) is 14.2.